The van der Waals surface area contributed by atoms with Gasteiger partial charge in [-0.2, -0.15) is 5.10 Å². The van der Waals surface area contributed by atoms with Crippen LogP contribution in [0.1, 0.15) is 33.4 Å². The fourth-order valence-electron chi connectivity index (χ4n) is 4.18. The molecule has 0 atom stereocenters. The van der Waals surface area contributed by atoms with Crippen LogP contribution in [0.15, 0.2) is 79.1 Å². The smallest absolute Gasteiger partial charge is 0.324 e. The largest absolute Gasteiger partial charge is 0.399 e. The summed E-state index contributed by atoms with van der Waals surface area (Å²) >= 11 is 0. The van der Waals surface area contributed by atoms with Crippen molar-refractivity contribution >= 4 is 57.2 Å². The second kappa shape index (κ2) is 11.0. The van der Waals surface area contributed by atoms with Gasteiger partial charge in [-0.25, -0.2) is 19.4 Å². The third-order valence-electron chi connectivity index (χ3n) is 6.20. The fraction of sp³-hybridized carbons (Fsp3) is 0.167. The number of carbonyl (C=O) groups excluding carboxylic acids is 2. The summed E-state index contributed by atoms with van der Waals surface area (Å²) < 4.78 is 1.67. The Morgan fingerprint density at radius 3 is 2.27 bits per heavy atom. The lowest BCUT2D eigenvalue weighted by atomic mass is 9.92. The van der Waals surface area contributed by atoms with Crippen LogP contribution in [0.2, 0.25) is 0 Å². The predicted molar refractivity (Wildman–Crippen MR) is 163 cm³/mol. The highest BCUT2D eigenvalue weighted by molar-refractivity contribution is 6.00. The van der Waals surface area contributed by atoms with Gasteiger partial charge in [-0.3, -0.25) is 10.1 Å². The number of nitrogens with two attached hydrogens (primary N) is 1. The topological polar surface area (TPSA) is 152 Å². The van der Waals surface area contributed by atoms with Gasteiger partial charge in [0, 0.05) is 46.5 Å². The third-order valence-corrected chi connectivity index (χ3v) is 6.20. The molecule has 2 aromatic heterocycles. The van der Waals surface area contributed by atoms with E-state index in [-0.39, 0.29) is 11.3 Å². The van der Waals surface area contributed by atoms with E-state index >= 15 is 0 Å². The second-order valence-electron chi connectivity index (χ2n) is 10.6. The Kier molecular flexibility index (Phi) is 7.26. The Hall–Kier alpha value is -5.45. The van der Waals surface area contributed by atoms with E-state index in [1.165, 1.54) is 13.3 Å². The molecule has 11 heteroatoms. The molecule has 6 N–H and O–H groups in total. The number of fused-ring (bicyclic) bond motifs is 1. The van der Waals surface area contributed by atoms with Crippen molar-refractivity contribution in [3.8, 4) is 5.69 Å². The SMILES string of the molecule is CC(=O)Nc1ccc2ncnc(Nc3ccc(NC(=O)Nc4cc(C(C)(C)C)nn4-c4cccc(N)c4)cc3)c2c1. The molecule has 0 aliphatic carbocycles. The summed E-state index contributed by atoms with van der Waals surface area (Å²) in [5, 5.41) is 17.3. The van der Waals surface area contributed by atoms with E-state index in [2.05, 4.69) is 52.0 Å². The van der Waals surface area contributed by atoms with E-state index in [0.717, 1.165) is 28.0 Å². The highest BCUT2D eigenvalue weighted by Gasteiger charge is 2.21. The summed E-state index contributed by atoms with van der Waals surface area (Å²) in [6, 6.07) is 21.4. The number of amides is 3. The molecule has 0 aliphatic rings. The minimum Gasteiger partial charge on any atom is -0.399 e. The van der Waals surface area contributed by atoms with Gasteiger partial charge in [0.2, 0.25) is 5.91 Å². The lowest BCUT2D eigenvalue weighted by molar-refractivity contribution is -0.114. The molecule has 11 nitrogen and oxygen atoms in total. The first-order valence-electron chi connectivity index (χ1n) is 13.0. The standard InChI is InChI=1S/C30H31N9O2/c1-18(40)34-22-12-13-25-24(15-22)28(33-17-32-25)35-20-8-10-21(11-9-20)36-29(41)37-27-16-26(30(2,3)4)38-39(27)23-7-5-6-19(31)14-23/h5-17H,31H2,1-4H3,(H,34,40)(H,32,33,35)(H2,36,37,41). The number of hydrogen-bond donors (Lipinski definition) is 5. The molecule has 0 fully saturated rings. The number of urea groups is 1. The summed E-state index contributed by atoms with van der Waals surface area (Å²) in [6.07, 6.45) is 1.47. The molecule has 41 heavy (non-hydrogen) atoms. The molecular formula is C30H31N9O2. The van der Waals surface area contributed by atoms with Gasteiger partial charge < -0.3 is 21.7 Å². The molecule has 5 rings (SSSR count). The molecule has 0 aliphatic heterocycles. The molecule has 0 unspecified atom stereocenters. The lowest BCUT2D eigenvalue weighted by Gasteiger charge is -2.14. The minimum absolute atomic E-state index is 0.160. The molecular weight excluding hydrogens is 518 g/mol. The summed E-state index contributed by atoms with van der Waals surface area (Å²) in [6.45, 7) is 7.64. The highest BCUT2D eigenvalue weighted by Crippen LogP contribution is 2.28. The van der Waals surface area contributed by atoms with Gasteiger partial charge in [0.25, 0.3) is 0 Å². The Balaban J connectivity index is 1.31. The number of benzene rings is 3. The van der Waals surface area contributed by atoms with Gasteiger partial charge >= 0.3 is 6.03 Å². The average Bonchev–Trinajstić information content (AvgIpc) is 3.34. The van der Waals surface area contributed by atoms with Crippen LogP contribution in [0.3, 0.4) is 0 Å². The summed E-state index contributed by atoms with van der Waals surface area (Å²) in [7, 11) is 0. The number of nitrogen functional groups attached to an aromatic ring is 1. The van der Waals surface area contributed by atoms with Crippen molar-refractivity contribution in [1.82, 2.24) is 19.7 Å². The number of nitrogens with one attached hydrogen (secondary N) is 4. The average molecular weight is 550 g/mol. The normalized spacial score (nSPS) is 11.2. The predicted octanol–water partition coefficient (Wildman–Crippen LogP) is 6.04. The first-order chi connectivity index (χ1) is 19.5. The Bertz CT molecular complexity index is 1740. The van der Waals surface area contributed by atoms with Gasteiger partial charge in [0.1, 0.15) is 18.0 Å². The Morgan fingerprint density at radius 2 is 1.56 bits per heavy atom. The maximum Gasteiger partial charge on any atom is 0.324 e. The minimum atomic E-state index is -0.413. The van der Waals surface area contributed by atoms with Crippen molar-refractivity contribution < 1.29 is 9.59 Å². The van der Waals surface area contributed by atoms with Gasteiger partial charge in [-0.15, -0.1) is 0 Å². The van der Waals surface area contributed by atoms with Crippen LogP contribution in [0, 0.1) is 0 Å². The maximum absolute atomic E-state index is 13.0. The van der Waals surface area contributed by atoms with Crippen LogP contribution in [-0.2, 0) is 10.2 Å². The van der Waals surface area contributed by atoms with Crippen LogP contribution < -0.4 is 27.0 Å². The molecule has 0 spiro atoms. The highest BCUT2D eigenvalue weighted by atomic mass is 16.2. The fourth-order valence-corrected chi connectivity index (χ4v) is 4.18. The Morgan fingerprint density at radius 1 is 0.829 bits per heavy atom. The van der Waals surface area contributed by atoms with E-state index in [1.54, 1.807) is 35.0 Å². The molecule has 5 aromatic rings. The van der Waals surface area contributed by atoms with Crippen LogP contribution in [-0.4, -0.2) is 31.7 Å². The van der Waals surface area contributed by atoms with E-state index < -0.39 is 6.03 Å². The van der Waals surface area contributed by atoms with Crippen molar-refractivity contribution in [3.05, 3.63) is 84.8 Å². The summed E-state index contributed by atoms with van der Waals surface area (Å²) in [4.78, 5) is 33.1. The van der Waals surface area contributed by atoms with Crippen LogP contribution in [0.5, 0.6) is 0 Å². The molecule has 0 bridgehead atoms. The molecule has 3 aromatic carbocycles. The van der Waals surface area contributed by atoms with Crippen molar-refractivity contribution in [2.75, 3.05) is 27.0 Å². The monoisotopic (exact) mass is 549 g/mol. The van der Waals surface area contributed by atoms with Gasteiger partial charge in [-0.1, -0.05) is 26.8 Å². The number of carbonyl (C=O) groups is 2. The Labute approximate surface area is 237 Å². The first-order valence-corrected chi connectivity index (χ1v) is 13.0. The van der Waals surface area contributed by atoms with Crippen LogP contribution in [0.4, 0.5) is 39.2 Å². The zero-order chi connectivity index (χ0) is 29.1. The van der Waals surface area contributed by atoms with Gasteiger partial charge in [0.05, 0.1) is 16.9 Å². The molecule has 3 amide bonds. The van der Waals surface area contributed by atoms with Crippen molar-refractivity contribution in [3.63, 3.8) is 0 Å². The van der Waals surface area contributed by atoms with Gasteiger partial charge in [0.15, 0.2) is 0 Å². The van der Waals surface area contributed by atoms with E-state index in [1.807, 2.05) is 42.5 Å². The van der Waals surface area contributed by atoms with Gasteiger partial charge in [-0.05, 0) is 60.7 Å². The van der Waals surface area contributed by atoms with Crippen LogP contribution in [0.25, 0.3) is 16.6 Å². The van der Waals surface area contributed by atoms with Crippen molar-refractivity contribution in [2.45, 2.75) is 33.1 Å². The lowest BCUT2D eigenvalue weighted by Crippen LogP contribution is -2.21. The summed E-state index contributed by atoms with van der Waals surface area (Å²) in [5.74, 6) is 0.947. The third kappa shape index (κ3) is 6.41. The van der Waals surface area contributed by atoms with Crippen LogP contribution >= 0.6 is 0 Å². The number of aromatic nitrogens is 4. The molecule has 0 saturated heterocycles. The number of rotatable bonds is 6. The zero-order valence-corrected chi connectivity index (χ0v) is 23.2. The molecule has 208 valence electrons. The van der Waals surface area contributed by atoms with E-state index in [4.69, 9.17) is 10.8 Å². The van der Waals surface area contributed by atoms with E-state index in [0.29, 0.717) is 28.7 Å². The van der Waals surface area contributed by atoms with Crippen molar-refractivity contribution in [2.24, 2.45) is 0 Å². The number of hydrogen-bond acceptors (Lipinski definition) is 7. The molecule has 0 saturated carbocycles. The maximum atomic E-state index is 13.0. The number of anilines is 6. The first kappa shape index (κ1) is 27.1. The van der Waals surface area contributed by atoms with E-state index in [9.17, 15) is 9.59 Å². The second-order valence-corrected chi connectivity index (χ2v) is 10.6. The number of nitrogens with zero attached hydrogens (tertiary/aromatic N) is 4. The molecule has 2 heterocycles. The van der Waals surface area contributed by atoms with Crippen molar-refractivity contribution in [1.29, 1.82) is 0 Å². The summed E-state index contributed by atoms with van der Waals surface area (Å²) in [5.41, 5.74) is 10.7. The zero-order valence-electron chi connectivity index (χ0n) is 23.2. The molecule has 0 radical (unpaired) electrons. The quantitative estimate of drug-likeness (QED) is 0.162.